The van der Waals surface area contributed by atoms with Gasteiger partial charge in [0.2, 0.25) is 11.8 Å². The van der Waals surface area contributed by atoms with Crippen LogP contribution in [0, 0.1) is 11.3 Å². The van der Waals surface area contributed by atoms with Crippen LogP contribution in [0.4, 0.5) is 0 Å². The number of carbonyl (C=O) groups is 2. The number of hydrogen-bond acceptors (Lipinski definition) is 5. The summed E-state index contributed by atoms with van der Waals surface area (Å²) in [5.74, 6) is -0.615. The Labute approximate surface area is 99.9 Å². The van der Waals surface area contributed by atoms with Crippen LogP contribution < -0.4 is 16.4 Å². The van der Waals surface area contributed by atoms with Crippen LogP contribution in [0.15, 0.2) is 0 Å². The summed E-state index contributed by atoms with van der Waals surface area (Å²) in [4.78, 5) is 24.4. The minimum absolute atomic E-state index is 0.140. The van der Waals surface area contributed by atoms with Gasteiger partial charge in [0.05, 0.1) is 19.0 Å². The van der Waals surface area contributed by atoms with Gasteiger partial charge in [-0.2, -0.15) is 5.26 Å². The molecule has 0 saturated carbocycles. The van der Waals surface area contributed by atoms with Gasteiger partial charge >= 0.3 is 0 Å². The van der Waals surface area contributed by atoms with Gasteiger partial charge in [0, 0.05) is 26.2 Å². The SMILES string of the molecule is N#CCCNC(=O)CN1CCNCC1C(N)=O. The molecule has 1 heterocycles. The molecule has 17 heavy (non-hydrogen) atoms. The van der Waals surface area contributed by atoms with E-state index in [4.69, 9.17) is 11.0 Å². The smallest absolute Gasteiger partial charge is 0.236 e. The number of nitriles is 1. The lowest BCUT2D eigenvalue weighted by atomic mass is 10.2. The summed E-state index contributed by atoms with van der Waals surface area (Å²) in [5, 5.41) is 14.0. The van der Waals surface area contributed by atoms with Crippen molar-refractivity contribution in [2.75, 3.05) is 32.7 Å². The fourth-order valence-electron chi connectivity index (χ4n) is 1.71. The lowest BCUT2D eigenvalue weighted by Gasteiger charge is -2.33. The minimum Gasteiger partial charge on any atom is -0.368 e. The molecule has 1 saturated heterocycles. The van der Waals surface area contributed by atoms with Gasteiger partial charge in [-0.3, -0.25) is 14.5 Å². The Morgan fingerprint density at radius 1 is 1.59 bits per heavy atom. The maximum absolute atomic E-state index is 11.5. The summed E-state index contributed by atoms with van der Waals surface area (Å²) in [6, 6.07) is 1.50. The van der Waals surface area contributed by atoms with Gasteiger partial charge in [-0.15, -0.1) is 0 Å². The summed E-state index contributed by atoms with van der Waals surface area (Å²) in [7, 11) is 0. The summed E-state index contributed by atoms with van der Waals surface area (Å²) >= 11 is 0. The molecule has 1 unspecified atom stereocenters. The van der Waals surface area contributed by atoms with Crippen LogP contribution in [-0.2, 0) is 9.59 Å². The van der Waals surface area contributed by atoms with Crippen molar-refractivity contribution in [2.24, 2.45) is 5.73 Å². The fourth-order valence-corrected chi connectivity index (χ4v) is 1.71. The van der Waals surface area contributed by atoms with Crippen LogP contribution >= 0.6 is 0 Å². The van der Waals surface area contributed by atoms with Gasteiger partial charge in [0.25, 0.3) is 0 Å². The zero-order chi connectivity index (χ0) is 12.7. The number of nitrogens with zero attached hydrogens (tertiary/aromatic N) is 2. The van der Waals surface area contributed by atoms with Crippen molar-refractivity contribution in [3.05, 3.63) is 0 Å². The molecule has 0 bridgehead atoms. The Balaban J connectivity index is 2.39. The number of nitrogens with two attached hydrogens (primary N) is 1. The molecule has 2 amide bonds. The summed E-state index contributed by atoms with van der Waals surface area (Å²) in [6.45, 7) is 2.29. The largest absolute Gasteiger partial charge is 0.368 e. The normalized spacial score (nSPS) is 20.5. The summed E-state index contributed by atoms with van der Waals surface area (Å²) in [5.41, 5.74) is 5.26. The fraction of sp³-hybridized carbons (Fsp3) is 0.700. The van der Waals surface area contributed by atoms with Gasteiger partial charge in [0.1, 0.15) is 6.04 Å². The van der Waals surface area contributed by atoms with Gasteiger partial charge in [0.15, 0.2) is 0 Å². The molecule has 1 rings (SSSR count). The van der Waals surface area contributed by atoms with Crippen molar-refractivity contribution < 1.29 is 9.59 Å². The molecular weight excluding hydrogens is 222 g/mol. The van der Waals surface area contributed by atoms with Crippen LogP contribution in [0.5, 0.6) is 0 Å². The first kappa shape index (κ1) is 13.4. The van der Waals surface area contributed by atoms with E-state index in [0.717, 1.165) is 6.54 Å². The molecule has 0 radical (unpaired) electrons. The van der Waals surface area contributed by atoms with E-state index < -0.39 is 11.9 Å². The number of hydrogen-bond donors (Lipinski definition) is 3. The molecule has 0 spiro atoms. The van der Waals surface area contributed by atoms with Crippen molar-refractivity contribution in [3.8, 4) is 6.07 Å². The monoisotopic (exact) mass is 239 g/mol. The lowest BCUT2D eigenvalue weighted by Crippen LogP contribution is -2.58. The van der Waals surface area contributed by atoms with E-state index in [-0.39, 0.29) is 18.9 Å². The molecule has 0 aromatic rings. The second kappa shape index (κ2) is 6.83. The van der Waals surface area contributed by atoms with Crippen LogP contribution in [0.25, 0.3) is 0 Å². The topological polar surface area (TPSA) is 111 Å². The third-order valence-corrected chi connectivity index (χ3v) is 2.59. The first-order valence-corrected chi connectivity index (χ1v) is 5.53. The number of carbonyl (C=O) groups excluding carboxylic acids is 2. The van der Waals surface area contributed by atoms with E-state index >= 15 is 0 Å². The zero-order valence-corrected chi connectivity index (χ0v) is 9.61. The molecule has 1 aliphatic heterocycles. The summed E-state index contributed by atoms with van der Waals surface area (Å²) < 4.78 is 0. The second-order valence-corrected chi connectivity index (χ2v) is 3.85. The van der Waals surface area contributed by atoms with Gasteiger partial charge in [-0.1, -0.05) is 0 Å². The number of nitrogens with one attached hydrogen (secondary N) is 2. The number of piperazine rings is 1. The van der Waals surface area contributed by atoms with Gasteiger partial charge < -0.3 is 16.4 Å². The van der Waals surface area contributed by atoms with E-state index in [0.29, 0.717) is 19.6 Å². The van der Waals surface area contributed by atoms with Crippen LogP contribution in [0.1, 0.15) is 6.42 Å². The number of primary amides is 1. The molecule has 0 aromatic heterocycles. The Morgan fingerprint density at radius 3 is 3.00 bits per heavy atom. The Morgan fingerprint density at radius 2 is 2.35 bits per heavy atom. The zero-order valence-electron chi connectivity index (χ0n) is 9.61. The highest BCUT2D eigenvalue weighted by Gasteiger charge is 2.27. The number of rotatable bonds is 5. The minimum atomic E-state index is -0.439. The maximum Gasteiger partial charge on any atom is 0.236 e. The summed E-state index contributed by atoms with van der Waals surface area (Å²) in [6.07, 6.45) is 0.284. The Hall–Kier alpha value is -1.65. The molecular formula is C10H17N5O2. The molecule has 1 aliphatic rings. The molecule has 1 atom stereocenters. The first-order valence-electron chi connectivity index (χ1n) is 5.53. The number of amides is 2. The van der Waals surface area contributed by atoms with Crippen molar-refractivity contribution in [1.82, 2.24) is 15.5 Å². The molecule has 0 aromatic carbocycles. The van der Waals surface area contributed by atoms with Crippen LogP contribution in [0.2, 0.25) is 0 Å². The lowest BCUT2D eigenvalue weighted by molar-refractivity contribution is -0.127. The second-order valence-electron chi connectivity index (χ2n) is 3.85. The van der Waals surface area contributed by atoms with Gasteiger partial charge in [-0.05, 0) is 0 Å². The highest BCUT2D eigenvalue weighted by atomic mass is 16.2. The van der Waals surface area contributed by atoms with Crippen molar-refractivity contribution in [3.63, 3.8) is 0 Å². The molecule has 7 heteroatoms. The van der Waals surface area contributed by atoms with Crippen molar-refractivity contribution in [1.29, 1.82) is 5.26 Å². The molecule has 94 valence electrons. The van der Waals surface area contributed by atoms with E-state index in [1.165, 1.54) is 0 Å². The third kappa shape index (κ3) is 4.38. The van der Waals surface area contributed by atoms with Crippen LogP contribution in [0.3, 0.4) is 0 Å². The van der Waals surface area contributed by atoms with Crippen LogP contribution in [-0.4, -0.2) is 55.5 Å². The molecule has 4 N–H and O–H groups in total. The third-order valence-electron chi connectivity index (χ3n) is 2.59. The Kier molecular flexibility index (Phi) is 5.39. The predicted octanol–water partition coefficient (Wildman–Crippen LogP) is -2.22. The van der Waals surface area contributed by atoms with E-state index in [1.54, 1.807) is 4.90 Å². The van der Waals surface area contributed by atoms with Gasteiger partial charge in [-0.25, -0.2) is 0 Å². The molecule has 1 fully saturated rings. The van der Waals surface area contributed by atoms with Crippen molar-refractivity contribution in [2.45, 2.75) is 12.5 Å². The Bertz CT molecular complexity index is 325. The first-order chi connectivity index (χ1) is 8.15. The predicted molar refractivity (Wildman–Crippen MR) is 60.7 cm³/mol. The highest BCUT2D eigenvalue weighted by molar-refractivity contribution is 5.82. The molecule has 7 nitrogen and oxygen atoms in total. The standard InChI is InChI=1S/C10H17N5O2/c11-2-1-3-14-9(16)7-15-5-4-13-6-8(15)10(12)17/h8,13H,1,3-7H2,(H2,12,17)(H,14,16). The van der Waals surface area contributed by atoms with E-state index in [1.807, 2.05) is 6.07 Å². The van der Waals surface area contributed by atoms with E-state index in [9.17, 15) is 9.59 Å². The average molecular weight is 239 g/mol. The maximum atomic E-state index is 11.5. The highest BCUT2D eigenvalue weighted by Crippen LogP contribution is 2.01. The quantitative estimate of drug-likeness (QED) is 0.470. The molecule has 0 aliphatic carbocycles. The van der Waals surface area contributed by atoms with E-state index in [2.05, 4.69) is 10.6 Å². The average Bonchev–Trinajstić information content (AvgIpc) is 2.29. The van der Waals surface area contributed by atoms with Crippen molar-refractivity contribution >= 4 is 11.8 Å².